The van der Waals surface area contributed by atoms with Crippen molar-refractivity contribution in [2.75, 3.05) is 21.1 Å². The molecule has 0 radical (unpaired) electrons. The van der Waals surface area contributed by atoms with Crippen molar-refractivity contribution in [1.82, 2.24) is 0 Å². The van der Waals surface area contributed by atoms with Gasteiger partial charge in [0.2, 0.25) is 0 Å². The standard InChI is InChI=1S/C9H7.3CH5N.Zr/c1-2-5-9-7-3-6-8(9)4-1;3*1-2;/h1-7H;3*2H2,1H3;. The zero-order chi connectivity index (χ0) is 13.0. The first-order valence-corrected chi connectivity index (χ1v) is 6.51. The number of nitrogens with two attached hydrogens (primary N) is 3. The molecule has 0 saturated carbocycles. The van der Waals surface area contributed by atoms with Crippen LogP contribution in [0.15, 0.2) is 30.3 Å². The van der Waals surface area contributed by atoms with Gasteiger partial charge >= 0.3 is 75.9 Å². The Hall–Kier alpha value is -0.277. The Labute approximate surface area is 114 Å². The van der Waals surface area contributed by atoms with E-state index in [4.69, 9.17) is 0 Å². The Morgan fingerprint density at radius 1 is 0.938 bits per heavy atom. The molecule has 4 heteroatoms. The summed E-state index contributed by atoms with van der Waals surface area (Å²) >= 11 is 1.59. The van der Waals surface area contributed by atoms with Crippen molar-refractivity contribution in [3.05, 3.63) is 41.5 Å². The molecule has 0 heterocycles. The molecule has 2 rings (SSSR count). The SMILES string of the molecule is CN.CN.CN.[Zr][CH]1C=Cc2ccccc21. The summed E-state index contributed by atoms with van der Waals surface area (Å²) in [6, 6.07) is 8.60. The van der Waals surface area contributed by atoms with Crippen molar-refractivity contribution in [2.24, 2.45) is 17.2 Å². The zero-order valence-electron chi connectivity index (χ0n) is 10.3. The van der Waals surface area contributed by atoms with Crippen molar-refractivity contribution in [2.45, 2.75) is 3.63 Å². The van der Waals surface area contributed by atoms with Gasteiger partial charge in [0, 0.05) is 0 Å². The van der Waals surface area contributed by atoms with Crippen LogP contribution < -0.4 is 17.2 Å². The van der Waals surface area contributed by atoms with Crippen LogP contribution in [-0.4, -0.2) is 21.1 Å². The molecule has 1 unspecified atom stereocenters. The molecular formula is C12H22N3Zr. The molecule has 89 valence electrons. The molecule has 1 aliphatic rings. The molecule has 1 aromatic carbocycles. The first-order valence-electron chi connectivity index (χ1n) is 5.09. The average Bonchev–Trinajstić information content (AvgIpc) is 2.79. The van der Waals surface area contributed by atoms with Crippen LogP contribution in [-0.2, 0) is 24.7 Å². The van der Waals surface area contributed by atoms with Gasteiger partial charge in [0.25, 0.3) is 0 Å². The topological polar surface area (TPSA) is 78.1 Å². The van der Waals surface area contributed by atoms with E-state index in [2.05, 4.69) is 53.6 Å². The Kier molecular flexibility index (Phi) is 14.5. The fourth-order valence-corrected chi connectivity index (χ4v) is 2.13. The van der Waals surface area contributed by atoms with E-state index in [1.54, 1.807) is 24.7 Å². The Bertz CT molecular complexity index is 287. The molecule has 0 fully saturated rings. The van der Waals surface area contributed by atoms with Crippen LogP contribution in [0.5, 0.6) is 0 Å². The molecule has 0 aromatic heterocycles. The summed E-state index contributed by atoms with van der Waals surface area (Å²) in [6.45, 7) is 0. The van der Waals surface area contributed by atoms with Crippen LogP contribution in [0.25, 0.3) is 6.08 Å². The molecular weight excluding hydrogens is 277 g/mol. The van der Waals surface area contributed by atoms with Crippen LogP contribution in [0.2, 0.25) is 0 Å². The van der Waals surface area contributed by atoms with Gasteiger partial charge in [-0.25, -0.2) is 0 Å². The third kappa shape index (κ3) is 5.71. The molecule has 1 atom stereocenters. The molecule has 16 heavy (non-hydrogen) atoms. The first-order chi connectivity index (χ1) is 7.88. The van der Waals surface area contributed by atoms with Gasteiger partial charge in [-0.3, -0.25) is 0 Å². The second-order valence-corrected chi connectivity index (χ2v) is 3.99. The summed E-state index contributed by atoms with van der Waals surface area (Å²) in [7, 11) is 4.50. The Balaban J connectivity index is 0. The summed E-state index contributed by atoms with van der Waals surface area (Å²) in [5.74, 6) is 0. The second-order valence-electron chi connectivity index (χ2n) is 2.47. The maximum absolute atomic E-state index is 4.50. The van der Waals surface area contributed by atoms with Gasteiger partial charge in [0.05, 0.1) is 0 Å². The maximum atomic E-state index is 4.50. The Morgan fingerprint density at radius 3 is 1.94 bits per heavy atom. The average molecular weight is 300 g/mol. The first kappa shape index (κ1) is 18.1. The van der Waals surface area contributed by atoms with Gasteiger partial charge in [-0.05, 0) is 21.1 Å². The third-order valence-electron chi connectivity index (χ3n) is 1.80. The van der Waals surface area contributed by atoms with E-state index in [9.17, 15) is 0 Å². The van der Waals surface area contributed by atoms with Crippen molar-refractivity contribution in [1.29, 1.82) is 0 Å². The van der Waals surface area contributed by atoms with E-state index in [-0.39, 0.29) is 0 Å². The molecule has 6 N–H and O–H groups in total. The monoisotopic (exact) mass is 298 g/mol. The zero-order valence-corrected chi connectivity index (χ0v) is 12.7. The molecule has 1 aromatic rings. The van der Waals surface area contributed by atoms with E-state index in [0.717, 1.165) is 0 Å². The van der Waals surface area contributed by atoms with Crippen LogP contribution in [0.4, 0.5) is 0 Å². The summed E-state index contributed by atoms with van der Waals surface area (Å²) < 4.78 is 0.711. The molecule has 0 spiro atoms. The van der Waals surface area contributed by atoms with E-state index in [0.29, 0.717) is 3.63 Å². The number of rotatable bonds is 0. The number of hydrogen-bond donors (Lipinski definition) is 3. The van der Waals surface area contributed by atoms with E-state index in [1.165, 1.54) is 32.3 Å². The number of fused-ring (bicyclic) bond motifs is 1. The molecule has 1 aliphatic carbocycles. The number of hydrogen-bond acceptors (Lipinski definition) is 3. The second kappa shape index (κ2) is 12.8. The van der Waals surface area contributed by atoms with E-state index in [1.807, 2.05) is 0 Å². The minimum absolute atomic E-state index is 0.711. The summed E-state index contributed by atoms with van der Waals surface area (Å²) in [4.78, 5) is 0. The van der Waals surface area contributed by atoms with Gasteiger partial charge in [-0.15, -0.1) is 0 Å². The van der Waals surface area contributed by atoms with E-state index < -0.39 is 0 Å². The predicted molar refractivity (Wildman–Crippen MR) is 68.6 cm³/mol. The summed E-state index contributed by atoms with van der Waals surface area (Å²) in [5, 5.41) is 0. The fraction of sp³-hybridized carbons (Fsp3) is 0.333. The molecule has 0 bridgehead atoms. The summed E-state index contributed by atoms with van der Waals surface area (Å²) in [6.07, 6.45) is 4.50. The van der Waals surface area contributed by atoms with Gasteiger partial charge in [0.15, 0.2) is 0 Å². The van der Waals surface area contributed by atoms with Gasteiger partial charge in [-0.2, -0.15) is 0 Å². The predicted octanol–water partition coefficient (Wildman–Crippen LogP) is 1.03. The van der Waals surface area contributed by atoms with Crippen LogP contribution in [0, 0.1) is 0 Å². The van der Waals surface area contributed by atoms with Gasteiger partial charge in [0.1, 0.15) is 0 Å². The van der Waals surface area contributed by atoms with Crippen LogP contribution >= 0.6 is 0 Å². The number of benzene rings is 1. The van der Waals surface area contributed by atoms with Crippen molar-refractivity contribution in [3.63, 3.8) is 0 Å². The quantitative estimate of drug-likeness (QED) is 0.669. The number of allylic oxidation sites excluding steroid dienone is 1. The van der Waals surface area contributed by atoms with Gasteiger partial charge in [-0.1, -0.05) is 0 Å². The van der Waals surface area contributed by atoms with Gasteiger partial charge < -0.3 is 17.2 Å². The molecule has 0 saturated heterocycles. The fourth-order valence-electron chi connectivity index (χ4n) is 1.25. The van der Waals surface area contributed by atoms with E-state index >= 15 is 0 Å². The minimum atomic E-state index is 0.711. The van der Waals surface area contributed by atoms with Crippen LogP contribution in [0.3, 0.4) is 0 Å². The summed E-state index contributed by atoms with van der Waals surface area (Å²) in [5.41, 5.74) is 16.4. The normalized spacial score (nSPS) is 14.2. The molecule has 3 nitrogen and oxygen atoms in total. The van der Waals surface area contributed by atoms with Crippen molar-refractivity contribution in [3.8, 4) is 0 Å². The van der Waals surface area contributed by atoms with Crippen molar-refractivity contribution < 1.29 is 24.7 Å². The Morgan fingerprint density at radius 2 is 1.44 bits per heavy atom. The van der Waals surface area contributed by atoms with Crippen LogP contribution in [0.1, 0.15) is 14.8 Å². The van der Waals surface area contributed by atoms with Crippen molar-refractivity contribution >= 4 is 6.08 Å². The third-order valence-corrected chi connectivity index (χ3v) is 3.04. The molecule has 0 aliphatic heterocycles. The molecule has 0 amide bonds.